The number of carbonyl (C=O) groups excluding carboxylic acids is 1. The predicted molar refractivity (Wildman–Crippen MR) is 72.8 cm³/mol. The van der Waals surface area contributed by atoms with E-state index in [2.05, 4.69) is 15.9 Å². The average Bonchev–Trinajstić information content (AvgIpc) is 2.39. The minimum absolute atomic E-state index is 0.0979. The van der Waals surface area contributed by atoms with E-state index in [1.807, 2.05) is 0 Å². The Morgan fingerprint density at radius 1 is 1.10 bits per heavy atom. The maximum Gasteiger partial charge on any atom is 0.170 e. The van der Waals surface area contributed by atoms with E-state index < -0.39 is 11.9 Å². The van der Waals surface area contributed by atoms with Gasteiger partial charge in [0.05, 0.1) is 12.0 Å². The molecule has 20 heavy (non-hydrogen) atoms. The number of ether oxygens (including phenoxy) is 1. The van der Waals surface area contributed by atoms with Crippen LogP contribution in [-0.4, -0.2) is 5.78 Å². The first-order valence-electron chi connectivity index (χ1n) is 5.99. The van der Waals surface area contributed by atoms with Crippen LogP contribution in [0.25, 0.3) is 0 Å². The van der Waals surface area contributed by atoms with Crippen LogP contribution in [-0.2, 0) is 0 Å². The van der Waals surface area contributed by atoms with Gasteiger partial charge in [-0.1, -0.05) is 22.0 Å². The third-order valence-electron chi connectivity index (χ3n) is 3.19. The van der Waals surface area contributed by atoms with Crippen LogP contribution < -0.4 is 4.74 Å². The van der Waals surface area contributed by atoms with Crippen molar-refractivity contribution in [2.75, 3.05) is 0 Å². The van der Waals surface area contributed by atoms with Gasteiger partial charge in [0.2, 0.25) is 0 Å². The van der Waals surface area contributed by atoms with E-state index >= 15 is 0 Å². The SMILES string of the molecule is O=C1CC(c2ccc(F)cc2Br)Oc2ccc(F)cc21. The monoisotopic (exact) mass is 338 g/mol. The van der Waals surface area contributed by atoms with Crippen molar-refractivity contribution in [3.8, 4) is 5.75 Å². The molecule has 0 bridgehead atoms. The average molecular weight is 339 g/mol. The van der Waals surface area contributed by atoms with Crippen molar-refractivity contribution >= 4 is 21.7 Å². The molecule has 0 aliphatic carbocycles. The Hall–Kier alpha value is -1.75. The van der Waals surface area contributed by atoms with Crippen LogP contribution >= 0.6 is 15.9 Å². The molecule has 0 saturated heterocycles. The number of Topliss-reactive ketones (excluding diaryl/α,β-unsaturated/α-hetero) is 1. The summed E-state index contributed by atoms with van der Waals surface area (Å²) in [5.74, 6) is -0.678. The Labute approximate surface area is 122 Å². The molecule has 5 heteroatoms. The highest BCUT2D eigenvalue weighted by atomic mass is 79.9. The summed E-state index contributed by atoms with van der Waals surface area (Å²) in [5, 5.41) is 0. The van der Waals surface area contributed by atoms with Crippen LogP contribution in [0.2, 0.25) is 0 Å². The van der Waals surface area contributed by atoms with Crippen molar-refractivity contribution in [2.24, 2.45) is 0 Å². The normalized spacial score (nSPS) is 17.6. The van der Waals surface area contributed by atoms with Gasteiger partial charge in [-0.25, -0.2) is 8.78 Å². The molecule has 1 aliphatic rings. The number of fused-ring (bicyclic) bond motifs is 1. The summed E-state index contributed by atoms with van der Waals surface area (Å²) >= 11 is 3.26. The minimum atomic E-state index is -0.504. The minimum Gasteiger partial charge on any atom is -0.484 e. The zero-order valence-corrected chi connectivity index (χ0v) is 11.8. The maximum atomic E-state index is 13.1. The molecular formula is C15H9BrF2O2. The molecule has 0 fully saturated rings. The van der Waals surface area contributed by atoms with Gasteiger partial charge in [-0.2, -0.15) is 0 Å². The van der Waals surface area contributed by atoms with E-state index in [-0.39, 0.29) is 23.6 Å². The molecular weight excluding hydrogens is 330 g/mol. The van der Waals surface area contributed by atoms with Gasteiger partial charge in [0, 0.05) is 10.0 Å². The molecule has 1 unspecified atom stereocenters. The Morgan fingerprint density at radius 3 is 2.55 bits per heavy atom. The second kappa shape index (κ2) is 4.98. The van der Waals surface area contributed by atoms with Gasteiger partial charge in [-0.15, -0.1) is 0 Å². The zero-order chi connectivity index (χ0) is 14.3. The second-order valence-corrected chi connectivity index (χ2v) is 5.39. The molecule has 0 aromatic heterocycles. The largest absolute Gasteiger partial charge is 0.484 e. The van der Waals surface area contributed by atoms with E-state index in [4.69, 9.17) is 4.74 Å². The molecule has 0 N–H and O–H groups in total. The Kier molecular flexibility index (Phi) is 3.30. The molecule has 2 aromatic carbocycles. The zero-order valence-electron chi connectivity index (χ0n) is 10.2. The van der Waals surface area contributed by atoms with Crippen LogP contribution in [0.1, 0.15) is 28.4 Å². The fraction of sp³-hybridized carbons (Fsp3) is 0.133. The number of carbonyl (C=O) groups is 1. The van der Waals surface area contributed by atoms with Gasteiger partial charge in [0.25, 0.3) is 0 Å². The molecule has 1 aliphatic heterocycles. The van der Waals surface area contributed by atoms with Crippen molar-refractivity contribution in [1.82, 2.24) is 0 Å². The molecule has 1 heterocycles. The standard InChI is InChI=1S/C15H9BrF2O2/c16-12-6-9(18)1-3-10(12)15-7-13(19)11-5-8(17)2-4-14(11)20-15/h1-6,15H,7H2. The van der Waals surface area contributed by atoms with E-state index in [9.17, 15) is 13.6 Å². The van der Waals surface area contributed by atoms with Crippen molar-refractivity contribution in [2.45, 2.75) is 12.5 Å². The smallest absolute Gasteiger partial charge is 0.170 e. The first-order valence-corrected chi connectivity index (χ1v) is 6.78. The first kappa shape index (κ1) is 13.2. The lowest BCUT2D eigenvalue weighted by Crippen LogP contribution is -2.20. The van der Waals surface area contributed by atoms with Gasteiger partial charge in [0.1, 0.15) is 23.5 Å². The summed E-state index contributed by atoms with van der Waals surface area (Å²) in [4.78, 5) is 12.1. The highest BCUT2D eigenvalue weighted by Crippen LogP contribution is 2.37. The summed E-state index contributed by atoms with van der Waals surface area (Å²) in [5.41, 5.74) is 0.939. The maximum absolute atomic E-state index is 13.1. The quantitative estimate of drug-likeness (QED) is 0.768. The Bertz CT molecular complexity index is 700. The highest BCUT2D eigenvalue weighted by Gasteiger charge is 2.29. The lowest BCUT2D eigenvalue weighted by atomic mass is 9.96. The number of hydrogen-bond acceptors (Lipinski definition) is 2. The number of hydrogen-bond donors (Lipinski definition) is 0. The topological polar surface area (TPSA) is 26.3 Å². The van der Waals surface area contributed by atoms with Crippen LogP contribution in [0.5, 0.6) is 5.75 Å². The number of rotatable bonds is 1. The summed E-state index contributed by atoms with van der Waals surface area (Å²) < 4.78 is 32.5. The lowest BCUT2D eigenvalue weighted by Gasteiger charge is -2.26. The summed E-state index contributed by atoms with van der Waals surface area (Å²) in [6.07, 6.45) is -0.406. The van der Waals surface area contributed by atoms with Gasteiger partial charge >= 0.3 is 0 Å². The number of halogens is 3. The molecule has 2 aromatic rings. The van der Waals surface area contributed by atoms with Crippen LogP contribution in [0, 0.1) is 11.6 Å². The van der Waals surface area contributed by atoms with E-state index in [1.54, 1.807) is 6.07 Å². The molecule has 1 atom stereocenters. The third kappa shape index (κ3) is 2.33. The Balaban J connectivity index is 1.99. The van der Waals surface area contributed by atoms with E-state index in [0.29, 0.717) is 15.8 Å². The fourth-order valence-corrected chi connectivity index (χ4v) is 2.84. The van der Waals surface area contributed by atoms with Crippen LogP contribution in [0.3, 0.4) is 0 Å². The van der Waals surface area contributed by atoms with Gasteiger partial charge in [-0.05, 0) is 30.3 Å². The van der Waals surface area contributed by atoms with Gasteiger partial charge in [0.15, 0.2) is 5.78 Å². The molecule has 3 rings (SSSR count). The second-order valence-electron chi connectivity index (χ2n) is 4.54. The molecule has 102 valence electrons. The first-order chi connectivity index (χ1) is 9.54. The molecule has 0 saturated carbocycles. The van der Waals surface area contributed by atoms with E-state index in [1.165, 1.54) is 30.3 Å². The highest BCUT2D eigenvalue weighted by molar-refractivity contribution is 9.10. The molecule has 0 amide bonds. The van der Waals surface area contributed by atoms with Crippen molar-refractivity contribution < 1.29 is 18.3 Å². The van der Waals surface area contributed by atoms with Gasteiger partial charge in [-0.3, -0.25) is 4.79 Å². The fourth-order valence-electron chi connectivity index (χ4n) is 2.23. The number of benzene rings is 2. The predicted octanol–water partition coefficient (Wildman–Crippen LogP) is 4.43. The number of ketones is 1. The van der Waals surface area contributed by atoms with E-state index in [0.717, 1.165) is 0 Å². The van der Waals surface area contributed by atoms with Gasteiger partial charge < -0.3 is 4.74 Å². The van der Waals surface area contributed by atoms with Crippen molar-refractivity contribution in [3.05, 3.63) is 63.6 Å². The third-order valence-corrected chi connectivity index (χ3v) is 3.88. The summed E-state index contributed by atoms with van der Waals surface area (Å²) in [7, 11) is 0. The van der Waals surface area contributed by atoms with Crippen LogP contribution in [0.15, 0.2) is 40.9 Å². The summed E-state index contributed by atoms with van der Waals surface area (Å²) in [6.45, 7) is 0. The molecule has 2 nitrogen and oxygen atoms in total. The lowest BCUT2D eigenvalue weighted by molar-refractivity contribution is 0.0848. The van der Waals surface area contributed by atoms with Crippen LogP contribution in [0.4, 0.5) is 8.78 Å². The van der Waals surface area contributed by atoms with Crippen molar-refractivity contribution in [1.29, 1.82) is 0 Å². The molecule has 0 spiro atoms. The molecule has 0 radical (unpaired) electrons. The van der Waals surface area contributed by atoms with Crippen molar-refractivity contribution in [3.63, 3.8) is 0 Å². The summed E-state index contributed by atoms with van der Waals surface area (Å²) in [6, 6.07) is 8.07. The Morgan fingerprint density at radius 2 is 1.80 bits per heavy atom.